The molecule has 0 spiro atoms. The number of carbonyl (C=O) groups excluding carboxylic acids is 1. The molecule has 0 aliphatic heterocycles. The van der Waals surface area contributed by atoms with Gasteiger partial charge in [-0.2, -0.15) is 0 Å². The fraction of sp³-hybridized carbons (Fsp3) is 0.280. The zero-order valence-electron chi connectivity index (χ0n) is 18.3. The van der Waals surface area contributed by atoms with Crippen molar-refractivity contribution in [2.24, 2.45) is 0 Å². The standard InChI is InChI=1S/C25H28N2O4/c1-5-16-30-23-8-6-7-9-24(23)31-20-12-10-19(11-13-20)27-25(28)21-14-15-22(18(3)29-4)26-17(21)2/h6-15,18H,5,16H2,1-4H3,(H,27,28). The minimum atomic E-state index is -0.214. The molecule has 0 radical (unpaired) electrons. The smallest absolute Gasteiger partial charge is 0.257 e. The molecule has 1 N–H and O–H groups in total. The molecule has 1 heterocycles. The molecule has 0 aliphatic rings. The Kier molecular flexibility index (Phi) is 7.62. The predicted octanol–water partition coefficient (Wildman–Crippen LogP) is 5.93. The summed E-state index contributed by atoms with van der Waals surface area (Å²) >= 11 is 0. The van der Waals surface area contributed by atoms with Crippen molar-refractivity contribution in [2.75, 3.05) is 19.0 Å². The maximum atomic E-state index is 12.7. The van der Waals surface area contributed by atoms with Gasteiger partial charge >= 0.3 is 0 Å². The number of carbonyl (C=O) groups is 1. The third kappa shape index (κ3) is 5.83. The second-order valence-electron chi connectivity index (χ2n) is 7.12. The van der Waals surface area contributed by atoms with Crippen LogP contribution in [0.2, 0.25) is 0 Å². The van der Waals surface area contributed by atoms with Gasteiger partial charge in [-0.15, -0.1) is 0 Å². The van der Waals surface area contributed by atoms with Crippen LogP contribution in [-0.2, 0) is 4.74 Å². The van der Waals surface area contributed by atoms with Crippen LogP contribution in [0.4, 0.5) is 5.69 Å². The second-order valence-corrected chi connectivity index (χ2v) is 7.12. The van der Waals surface area contributed by atoms with Crippen molar-refractivity contribution < 1.29 is 19.0 Å². The molecular weight excluding hydrogens is 392 g/mol. The molecule has 6 heteroatoms. The second kappa shape index (κ2) is 10.6. The van der Waals surface area contributed by atoms with Crippen molar-refractivity contribution in [2.45, 2.75) is 33.3 Å². The molecule has 3 aromatic rings. The zero-order valence-corrected chi connectivity index (χ0v) is 18.3. The van der Waals surface area contributed by atoms with E-state index in [-0.39, 0.29) is 12.0 Å². The summed E-state index contributed by atoms with van der Waals surface area (Å²) < 4.78 is 17.0. The minimum absolute atomic E-state index is 0.124. The summed E-state index contributed by atoms with van der Waals surface area (Å²) in [5.41, 5.74) is 2.64. The Hall–Kier alpha value is -3.38. The van der Waals surface area contributed by atoms with Crippen LogP contribution in [-0.4, -0.2) is 24.6 Å². The number of para-hydroxylation sites is 2. The Balaban J connectivity index is 1.67. The predicted molar refractivity (Wildman–Crippen MR) is 121 cm³/mol. The largest absolute Gasteiger partial charge is 0.490 e. The minimum Gasteiger partial charge on any atom is -0.490 e. The van der Waals surface area contributed by atoms with Gasteiger partial charge in [0.25, 0.3) is 5.91 Å². The van der Waals surface area contributed by atoms with Gasteiger partial charge in [0.2, 0.25) is 0 Å². The van der Waals surface area contributed by atoms with Gasteiger partial charge in [0.15, 0.2) is 11.5 Å². The van der Waals surface area contributed by atoms with E-state index in [0.717, 1.165) is 12.1 Å². The van der Waals surface area contributed by atoms with Crippen LogP contribution in [0.1, 0.15) is 48.1 Å². The highest BCUT2D eigenvalue weighted by atomic mass is 16.5. The van der Waals surface area contributed by atoms with E-state index < -0.39 is 0 Å². The summed E-state index contributed by atoms with van der Waals surface area (Å²) in [6, 6.07) is 18.4. The molecule has 1 aromatic heterocycles. The molecule has 2 aromatic carbocycles. The fourth-order valence-corrected chi connectivity index (χ4v) is 2.97. The molecule has 6 nitrogen and oxygen atoms in total. The molecule has 0 fully saturated rings. The lowest BCUT2D eigenvalue weighted by molar-refractivity contribution is 0.102. The van der Waals surface area contributed by atoms with E-state index in [2.05, 4.69) is 17.2 Å². The van der Waals surface area contributed by atoms with Gasteiger partial charge in [0, 0.05) is 12.8 Å². The average molecular weight is 421 g/mol. The molecule has 3 rings (SSSR count). The monoisotopic (exact) mass is 420 g/mol. The number of aromatic nitrogens is 1. The fourth-order valence-electron chi connectivity index (χ4n) is 2.97. The number of rotatable bonds is 9. The van der Waals surface area contributed by atoms with E-state index in [0.29, 0.717) is 40.8 Å². The van der Waals surface area contributed by atoms with Crippen LogP contribution < -0.4 is 14.8 Å². The third-order valence-electron chi connectivity index (χ3n) is 4.77. The van der Waals surface area contributed by atoms with E-state index in [1.807, 2.05) is 44.2 Å². The van der Waals surface area contributed by atoms with Crippen molar-refractivity contribution in [3.63, 3.8) is 0 Å². The van der Waals surface area contributed by atoms with Crippen LogP contribution in [0.15, 0.2) is 60.7 Å². The van der Waals surface area contributed by atoms with E-state index in [4.69, 9.17) is 14.2 Å². The van der Waals surface area contributed by atoms with Crippen LogP contribution in [0.5, 0.6) is 17.2 Å². The summed E-state index contributed by atoms with van der Waals surface area (Å²) in [6.45, 7) is 6.42. The molecule has 1 unspecified atom stereocenters. The van der Waals surface area contributed by atoms with Gasteiger partial charge in [0.05, 0.1) is 29.7 Å². The number of ether oxygens (including phenoxy) is 3. The SMILES string of the molecule is CCCOc1ccccc1Oc1ccc(NC(=O)c2ccc(C(C)OC)nc2C)cc1. The summed E-state index contributed by atoms with van der Waals surface area (Å²) in [7, 11) is 1.63. The van der Waals surface area contributed by atoms with Gasteiger partial charge < -0.3 is 19.5 Å². The number of hydrogen-bond donors (Lipinski definition) is 1. The Morgan fingerprint density at radius 3 is 2.39 bits per heavy atom. The normalized spacial score (nSPS) is 11.6. The van der Waals surface area contributed by atoms with Gasteiger partial charge in [-0.1, -0.05) is 19.1 Å². The molecular formula is C25H28N2O4. The quantitative estimate of drug-likeness (QED) is 0.464. The number of aryl methyl sites for hydroxylation is 1. The van der Waals surface area contributed by atoms with Crippen molar-refractivity contribution in [3.05, 3.63) is 77.6 Å². The van der Waals surface area contributed by atoms with Crippen molar-refractivity contribution >= 4 is 11.6 Å². The summed E-state index contributed by atoms with van der Waals surface area (Å²) in [6.07, 6.45) is 0.798. The maximum absolute atomic E-state index is 12.7. The first kappa shape index (κ1) is 22.3. The van der Waals surface area contributed by atoms with E-state index >= 15 is 0 Å². The lowest BCUT2D eigenvalue weighted by Gasteiger charge is -2.13. The first-order valence-electron chi connectivity index (χ1n) is 10.3. The lowest BCUT2D eigenvalue weighted by Crippen LogP contribution is -2.15. The number of methoxy groups -OCH3 is 1. The molecule has 31 heavy (non-hydrogen) atoms. The van der Waals surface area contributed by atoms with Crippen LogP contribution in [0, 0.1) is 6.92 Å². The zero-order chi connectivity index (χ0) is 22.2. The Morgan fingerprint density at radius 2 is 1.74 bits per heavy atom. The third-order valence-corrected chi connectivity index (χ3v) is 4.77. The van der Waals surface area contributed by atoms with Crippen LogP contribution >= 0.6 is 0 Å². The van der Waals surface area contributed by atoms with E-state index in [1.54, 1.807) is 37.4 Å². The lowest BCUT2D eigenvalue weighted by atomic mass is 10.1. The average Bonchev–Trinajstić information content (AvgIpc) is 2.79. The van der Waals surface area contributed by atoms with Gasteiger partial charge in [-0.3, -0.25) is 9.78 Å². The van der Waals surface area contributed by atoms with Crippen molar-refractivity contribution in [1.29, 1.82) is 0 Å². The highest BCUT2D eigenvalue weighted by molar-refractivity contribution is 6.05. The summed E-state index contributed by atoms with van der Waals surface area (Å²) in [4.78, 5) is 17.2. The van der Waals surface area contributed by atoms with Crippen molar-refractivity contribution in [3.8, 4) is 17.2 Å². The Morgan fingerprint density at radius 1 is 1.03 bits per heavy atom. The van der Waals surface area contributed by atoms with Crippen LogP contribution in [0.25, 0.3) is 0 Å². The molecule has 1 amide bonds. The maximum Gasteiger partial charge on any atom is 0.257 e. The van der Waals surface area contributed by atoms with Gasteiger partial charge in [-0.05, 0) is 68.8 Å². The number of nitrogens with one attached hydrogen (secondary N) is 1. The summed E-state index contributed by atoms with van der Waals surface area (Å²) in [5.74, 6) is 1.80. The first-order chi connectivity index (χ1) is 15.0. The number of anilines is 1. The molecule has 0 aliphatic carbocycles. The molecule has 0 saturated carbocycles. The number of hydrogen-bond acceptors (Lipinski definition) is 5. The van der Waals surface area contributed by atoms with E-state index in [9.17, 15) is 4.79 Å². The molecule has 0 saturated heterocycles. The molecule has 162 valence electrons. The highest BCUT2D eigenvalue weighted by Gasteiger charge is 2.14. The van der Waals surface area contributed by atoms with Crippen molar-refractivity contribution in [1.82, 2.24) is 4.98 Å². The highest BCUT2D eigenvalue weighted by Crippen LogP contribution is 2.32. The number of nitrogens with zero attached hydrogens (tertiary/aromatic N) is 1. The topological polar surface area (TPSA) is 69.7 Å². The molecule has 0 bridgehead atoms. The number of benzene rings is 2. The molecule has 1 atom stereocenters. The van der Waals surface area contributed by atoms with E-state index in [1.165, 1.54) is 0 Å². The summed E-state index contributed by atoms with van der Waals surface area (Å²) in [5, 5.41) is 2.90. The van der Waals surface area contributed by atoms with Gasteiger partial charge in [-0.25, -0.2) is 0 Å². The Bertz CT molecular complexity index is 1020. The number of amides is 1. The Labute approximate surface area is 183 Å². The van der Waals surface area contributed by atoms with Crippen LogP contribution in [0.3, 0.4) is 0 Å². The number of pyridine rings is 1. The first-order valence-corrected chi connectivity index (χ1v) is 10.3. The van der Waals surface area contributed by atoms with Gasteiger partial charge in [0.1, 0.15) is 5.75 Å².